The third-order valence-electron chi connectivity index (χ3n) is 3.23. The zero-order valence-corrected chi connectivity index (χ0v) is 13.7. The lowest BCUT2D eigenvalue weighted by Gasteiger charge is -2.13. The van der Waals surface area contributed by atoms with Gasteiger partial charge in [0, 0.05) is 32.0 Å². The predicted molar refractivity (Wildman–Crippen MR) is 91.8 cm³/mol. The zero-order chi connectivity index (χ0) is 15.9. The Balaban J connectivity index is 1.97. The number of nitrogens with zero attached hydrogens (tertiary/aromatic N) is 4. The van der Waals surface area contributed by atoms with Crippen LogP contribution in [0.1, 0.15) is 20.3 Å². The van der Waals surface area contributed by atoms with E-state index in [1.165, 1.54) is 0 Å². The molecule has 6 heteroatoms. The van der Waals surface area contributed by atoms with E-state index in [0.717, 1.165) is 30.2 Å². The normalized spacial score (nSPS) is 10.6. The van der Waals surface area contributed by atoms with Crippen molar-refractivity contribution in [2.75, 3.05) is 36.2 Å². The van der Waals surface area contributed by atoms with Gasteiger partial charge in [0.1, 0.15) is 0 Å². The summed E-state index contributed by atoms with van der Waals surface area (Å²) in [6, 6.07) is 8.08. The SMILES string of the molecule is CC(C)CCNc1cnnc(Nc2ccc(N(C)C)cc2)n1. The molecule has 2 aromatic rings. The van der Waals surface area contributed by atoms with Crippen molar-refractivity contribution in [3.05, 3.63) is 30.5 Å². The van der Waals surface area contributed by atoms with E-state index in [4.69, 9.17) is 0 Å². The van der Waals surface area contributed by atoms with Gasteiger partial charge in [-0.15, -0.1) is 5.10 Å². The molecule has 0 aliphatic heterocycles. The summed E-state index contributed by atoms with van der Waals surface area (Å²) in [5.74, 6) is 1.89. The largest absolute Gasteiger partial charge is 0.378 e. The monoisotopic (exact) mass is 300 g/mol. The molecule has 0 saturated heterocycles. The van der Waals surface area contributed by atoms with Crippen LogP contribution in [0.25, 0.3) is 0 Å². The lowest BCUT2D eigenvalue weighted by molar-refractivity contribution is 0.606. The smallest absolute Gasteiger partial charge is 0.249 e. The van der Waals surface area contributed by atoms with Crippen LogP contribution >= 0.6 is 0 Å². The molecule has 0 saturated carbocycles. The second kappa shape index (κ2) is 7.59. The molecule has 0 amide bonds. The molecule has 0 unspecified atom stereocenters. The standard InChI is InChI=1S/C16H24N6/c1-12(2)9-10-17-15-11-18-21-16(20-15)19-13-5-7-14(8-6-13)22(3)4/h5-8,11-12H,9-10H2,1-4H3,(H2,17,19,20,21). The molecule has 2 N–H and O–H groups in total. The Morgan fingerprint density at radius 2 is 1.86 bits per heavy atom. The van der Waals surface area contributed by atoms with Crippen molar-refractivity contribution in [2.45, 2.75) is 20.3 Å². The van der Waals surface area contributed by atoms with E-state index in [2.05, 4.69) is 44.6 Å². The van der Waals surface area contributed by atoms with Crippen LogP contribution in [0.2, 0.25) is 0 Å². The average Bonchev–Trinajstić information content (AvgIpc) is 2.48. The van der Waals surface area contributed by atoms with E-state index in [1.807, 2.05) is 38.4 Å². The van der Waals surface area contributed by atoms with Crippen molar-refractivity contribution < 1.29 is 0 Å². The van der Waals surface area contributed by atoms with Crippen molar-refractivity contribution in [3.63, 3.8) is 0 Å². The van der Waals surface area contributed by atoms with Crippen LogP contribution in [0.15, 0.2) is 30.5 Å². The van der Waals surface area contributed by atoms with Gasteiger partial charge in [0.2, 0.25) is 5.95 Å². The third kappa shape index (κ3) is 4.87. The molecule has 0 spiro atoms. The molecule has 0 fully saturated rings. The highest BCUT2D eigenvalue weighted by Crippen LogP contribution is 2.18. The Hall–Kier alpha value is -2.37. The molecule has 1 aromatic carbocycles. The van der Waals surface area contributed by atoms with Gasteiger partial charge < -0.3 is 15.5 Å². The summed E-state index contributed by atoms with van der Waals surface area (Å²) >= 11 is 0. The number of nitrogens with one attached hydrogen (secondary N) is 2. The van der Waals surface area contributed by atoms with E-state index < -0.39 is 0 Å². The van der Waals surface area contributed by atoms with E-state index in [-0.39, 0.29) is 0 Å². The van der Waals surface area contributed by atoms with Crippen LogP contribution in [-0.4, -0.2) is 35.8 Å². The molecule has 22 heavy (non-hydrogen) atoms. The van der Waals surface area contributed by atoms with Gasteiger partial charge in [-0.05, 0) is 36.6 Å². The Bertz CT molecular complexity index is 579. The first kappa shape index (κ1) is 16.0. The first-order valence-corrected chi connectivity index (χ1v) is 7.52. The van der Waals surface area contributed by atoms with E-state index in [1.54, 1.807) is 6.20 Å². The van der Waals surface area contributed by atoms with Crippen LogP contribution in [0, 0.1) is 5.92 Å². The van der Waals surface area contributed by atoms with E-state index in [9.17, 15) is 0 Å². The summed E-state index contributed by atoms with van der Waals surface area (Å²) in [5, 5.41) is 14.4. The molecule has 6 nitrogen and oxygen atoms in total. The van der Waals surface area contributed by atoms with Crippen molar-refractivity contribution in [2.24, 2.45) is 5.92 Å². The van der Waals surface area contributed by atoms with Crippen LogP contribution < -0.4 is 15.5 Å². The van der Waals surface area contributed by atoms with Crippen LogP contribution in [0.4, 0.5) is 23.1 Å². The summed E-state index contributed by atoms with van der Waals surface area (Å²) < 4.78 is 0. The fraction of sp³-hybridized carbons (Fsp3) is 0.438. The Morgan fingerprint density at radius 3 is 2.50 bits per heavy atom. The maximum atomic E-state index is 4.42. The summed E-state index contributed by atoms with van der Waals surface area (Å²) in [4.78, 5) is 6.47. The number of anilines is 4. The Kier molecular flexibility index (Phi) is 5.52. The van der Waals surface area contributed by atoms with Crippen LogP contribution in [-0.2, 0) is 0 Å². The number of benzene rings is 1. The van der Waals surface area contributed by atoms with Crippen molar-refractivity contribution in [3.8, 4) is 0 Å². The number of hydrogen-bond donors (Lipinski definition) is 2. The molecule has 0 bridgehead atoms. The molecule has 0 aliphatic rings. The molecule has 0 aliphatic carbocycles. The molecule has 0 atom stereocenters. The van der Waals surface area contributed by atoms with Gasteiger partial charge in [-0.25, -0.2) is 0 Å². The molecule has 118 valence electrons. The second-order valence-corrected chi connectivity index (χ2v) is 5.84. The molecule has 0 radical (unpaired) electrons. The molecule has 1 aromatic heterocycles. The highest BCUT2D eigenvalue weighted by atomic mass is 15.3. The first-order chi connectivity index (χ1) is 10.5. The summed E-state index contributed by atoms with van der Waals surface area (Å²) in [6.07, 6.45) is 2.74. The van der Waals surface area contributed by atoms with Gasteiger partial charge in [-0.2, -0.15) is 10.1 Å². The Labute approximate surface area is 132 Å². The Morgan fingerprint density at radius 1 is 1.14 bits per heavy atom. The van der Waals surface area contributed by atoms with Gasteiger partial charge in [0.15, 0.2) is 5.82 Å². The molecule has 2 rings (SSSR count). The third-order valence-corrected chi connectivity index (χ3v) is 3.23. The number of aromatic nitrogens is 3. The van der Waals surface area contributed by atoms with Gasteiger partial charge in [-0.1, -0.05) is 13.8 Å². The topological polar surface area (TPSA) is 66.0 Å². The van der Waals surface area contributed by atoms with E-state index >= 15 is 0 Å². The maximum absolute atomic E-state index is 4.42. The summed E-state index contributed by atoms with van der Waals surface area (Å²) in [6.45, 7) is 5.28. The van der Waals surface area contributed by atoms with Crippen LogP contribution in [0.5, 0.6) is 0 Å². The fourth-order valence-electron chi connectivity index (χ4n) is 1.90. The molecule has 1 heterocycles. The van der Waals surface area contributed by atoms with Crippen LogP contribution in [0.3, 0.4) is 0 Å². The number of hydrogen-bond acceptors (Lipinski definition) is 6. The quantitative estimate of drug-likeness (QED) is 0.819. The molecular weight excluding hydrogens is 276 g/mol. The van der Waals surface area contributed by atoms with Gasteiger partial charge >= 0.3 is 0 Å². The zero-order valence-electron chi connectivity index (χ0n) is 13.7. The van der Waals surface area contributed by atoms with Gasteiger partial charge in [0.05, 0.1) is 6.20 Å². The highest BCUT2D eigenvalue weighted by Gasteiger charge is 2.02. The lowest BCUT2D eigenvalue weighted by Crippen LogP contribution is -2.09. The minimum absolute atomic E-state index is 0.493. The van der Waals surface area contributed by atoms with Gasteiger partial charge in [-0.3, -0.25) is 0 Å². The predicted octanol–water partition coefficient (Wildman–Crippen LogP) is 3.14. The minimum atomic E-state index is 0.493. The van der Waals surface area contributed by atoms with Crippen molar-refractivity contribution in [1.82, 2.24) is 15.2 Å². The summed E-state index contributed by atoms with van der Waals surface area (Å²) in [7, 11) is 4.03. The average molecular weight is 300 g/mol. The van der Waals surface area contributed by atoms with E-state index in [0.29, 0.717) is 11.9 Å². The first-order valence-electron chi connectivity index (χ1n) is 7.52. The second-order valence-electron chi connectivity index (χ2n) is 5.84. The van der Waals surface area contributed by atoms with Crippen molar-refractivity contribution >= 4 is 23.1 Å². The fourth-order valence-corrected chi connectivity index (χ4v) is 1.90. The van der Waals surface area contributed by atoms with Gasteiger partial charge in [0.25, 0.3) is 0 Å². The number of rotatable bonds is 7. The van der Waals surface area contributed by atoms with Crippen molar-refractivity contribution in [1.29, 1.82) is 0 Å². The lowest BCUT2D eigenvalue weighted by atomic mass is 10.1. The minimum Gasteiger partial charge on any atom is -0.378 e. The molecular formula is C16H24N6. The maximum Gasteiger partial charge on any atom is 0.249 e. The summed E-state index contributed by atoms with van der Waals surface area (Å²) in [5.41, 5.74) is 2.08. The highest BCUT2D eigenvalue weighted by molar-refractivity contribution is 5.59.